The number of nitrogens with zero attached hydrogens (tertiary/aromatic N) is 5. The number of alkyl halides is 3. The smallest absolute Gasteiger partial charge is 0.439 e. The molecule has 250 valence electrons. The number of hydrogen-bond donors (Lipinski definition) is 3. The van der Waals surface area contributed by atoms with Crippen LogP contribution in [0.4, 0.5) is 13.2 Å². The number of ether oxygens (including phenoxy) is 1. The Hall–Kier alpha value is -5.02. The number of nitrogens with one attached hydrogen (secondary N) is 3. The zero-order valence-electron chi connectivity index (χ0n) is 26.1. The van der Waals surface area contributed by atoms with Crippen molar-refractivity contribution in [1.82, 2.24) is 40.2 Å². The fourth-order valence-corrected chi connectivity index (χ4v) is 6.41. The van der Waals surface area contributed by atoms with E-state index in [1.54, 1.807) is 35.5 Å². The normalized spacial score (nSPS) is 17.1. The van der Waals surface area contributed by atoms with Crippen molar-refractivity contribution in [2.24, 2.45) is 0 Å². The van der Waals surface area contributed by atoms with Crippen LogP contribution in [0.1, 0.15) is 47.2 Å². The summed E-state index contributed by atoms with van der Waals surface area (Å²) >= 11 is 0. The van der Waals surface area contributed by atoms with Gasteiger partial charge in [-0.25, -0.2) is 9.78 Å². The van der Waals surface area contributed by atoms with E-state index in [0.29, 0.717) is 53.4 Å². The minimum absolute atomic E-state index is 0.0385. The lowest BCUT2D eigenvalue weighted by molar-refractivity contribution is -0.138. The molecule has 0 radical (unpaired) electrons. The molecule has 1 aromatic carbocycles. The van der Waals surface area contributed by atoms with Crippen LogP contribution in [-0.2, 0) is 30.5 Å². The minimum Gasteiger partial charge on any atom is -0.455 e. The first kappa shape index (κ1) is 31.6. The van der Waals surface area contributed by atoms with Gasteiger partial charge < -0.3 is 19.9 Å². The Bertz CT molecular complexity index is 2010. The van der Waals surface area contributed by atoms with Crippen LogP contribution in [0, 0.1) is 0 Å². The third kappa shape index (κ3) is 6.55. The summed E-state index contributed by atoms with van der Waals surface area (Å²) < 4.78 is 53.2. The summed E-state index contributed by atoms with van der Waals surface area (Å²) in [7, 11) is 0. The third-order valence-corrected chi connectivity index (χ3v) is 8.86. The van der Waals surface area contributed by atoms with Gasteiger partial charge in [-0.15, -0.1) is 0 Å². The molecule has 6 heterocycles. The van der Waals surface area contributed by atoms with Gasteiger partial charge in [0.15, 0.2) is 5.82 Å². The number of aromatic amines is 2. The number of fused-ring (bicyclic) bond motifs is 2. The summed E-state index contributed by atoms with van der Waals surface area (Å²) in [5, 5.41) is 7.55. The number of pyridine rings is 2. The number of carbonyl (C=O) groups excluding carboxylic acids is 1. The maximum atomic E-state index is 14.1. The molecule has 15 heteroatoms. The highest BCUT2D eigenvalue weighted by molar-refractivity contribution is 5.87. The highest BCUT2D eigenvalue weighted by Crippen LogP contribution is 2.36. The van der Waals surface area contributed by atoms with Gasteiger partial charge in [0.2, 0.25) is 5.91 Å². The Balaban J connectivity index is 1.09. The second-order valence-electron chi connectivity index (χ2n) is 12.1. The van der Waals surface area contributed by atoms with Gasteiger partial charge in [0.05, 0.1) is 35.0 Å². The Morgan fingerprint density at radius 3 is 2.69 bits per heavy atom. The van der Waals surface area contributed by atoms with Crippen molar-refractivity contribution in [3.05, 3.63) is 87.3 Å². The van der Waals surface area contributed by atoms with Crippen molar-refractivity contribution in [1.29, 1.82) is 0 Å². The first-order chi connectivity index (χ1) is 23.1. The predicted molar refractivity (Wildman–Crippen MR) is 168 cm³/mol. The summed E-state index contributed by atoms with van der Waals surface area (Å²) in [4.78, 5) is 43.3. The Labute approximate surface area is 272 Å². The van der Waals surface area contributed by atoms with Gasteiger partial charge in [0, 0.05) is 57.9 Å². The van der Waals surface area contributed by atoms with Crippen LogP contribution in [0.5, 0.6) is 11.5 Å². The van der Waals surface area contributed by atoms with Crippen LogP contribution in [0.25, 0.3) is 22.6 Å². The lowest BCUT2D eigenvalue weighted by Crippen LogP contribution is -2.43. The van der Waals surface area contributed by atoms with E-state index in [2.05, 4.69) is 29.9 Å². The summed E-state index contributed by atoms with van der Waals surface area (Å²) in [5.41, 5.74) is 2.51. The topological polar surface area (TPSA) is 145 Å². The van der Waals surface area contributed by atoms with Crippen LogP contribution in [0.15, 0.2) is 58.1 Å². The van der Waals surface area contributed by atoms with E-state index in [1.165, 1.54) is 6.07 Å². The number of piperazine rings is 1. The van der Waals surface area contributed by atoms with Crippen molar-refractivity contribution in [3.63, 3.8) is 0 Å². The molecule has 2 aliphatic heterocycles. The van der Waals surface area contributed by atoms with Crippen LogP contribution in [-0.4, -0.2) is 73.5 Å². The molecule has 0 unspecified atom stereocenters. The molecule has 1 atom stereocenters. The monoisotopic (exact) mass is 662 g/mol. The van der Waals surface area contributed by atoms with Crippen LogP contribution < -0.4 is 15.8 Å². The third-order valence-electron chi connectivity index (χ3n) is 8.86. The first-order valence-corrected chi connectivity index (χ1v) is 15.7. The molecule has 3 N–H and O–H groups in total. The van der Waals surface area contributed by atoms with Crippen LogP contribution in [0.3, 0.4) is 0 Å². The van der Waals surface area contributed by atoms with Gasteiger partial charge in [0.25, 0.3) is 0 Å². The summed E-state index contributed by atoms with van der Waals surface area (Å²) in [6.07, 6.45) is -0.739. The van der Waals surface area contributed by atoms with E-state index in [4.69, 9.17) is 9.72 Å². The number of benzene rings is 1. The van der Waals surface area contributed by atoms with Crippen LogP contribution in [0.2, 0.25) is 0 Å². The zero-order valence-corrected chi connectivity index (χ0v) is 26.1. The van der Waals surface area contributed by atoms with Gasteiger partial charge in [0.1, 0.15) is 17.1 Å². The van der Waals surface area contributed by atoms with Crippen molar-refractivity contribution in [2.75, 3.05) is 32.7 Å². The number of hydrogen-bond acceptors (Lipinski definition) is 9. The van der Waals surface area contributed by atoms with E-state index < -0.39 is 17.5 Å². The lowest BCUT2D eigenvalue weighted by atomic mass is 9.92. The molecule has 4 aromatic heterocycles. The Kier molecular flexibility index (Phi) is 8.47. The largest absolute Gasteiger partial charge is 0.455 e. The molecule has 2 aliphatic rings. The van der Waals surface area contributed by atoms with Gasteiger partial charge in [-0.3, -0.25) is 24.2 Å². The highest BCUT2D eigenvalue weighted by atomic mass is 19.4. The number of H-pyrrole nitrogens is 2. The summed E-state index contributed by atoms with van der Waals surface area (Å²) in [5.74, 6) is 0.162. The van der Waals surface area contributed by atoms with Gasteiger partial charge in [-0.2, -0.15) is 13.2 Å². The van der Waals surface area contributed by atoms with Crippen LogP contribution >= 0.6 is 0 Å². The van der Waals surface area contributed by atoms with Crippen molar-refractivity contribution in [3.8, 4) is 23.0 Å². The summed E-state index contributed by atoms with van der Waals surface area (Å²) in [6, 6.07) is 9.53. The number of amides is 1. The molecule has 0 aliphatic carbocycles. The second kappa shape index (κ2) is 12.9. The quantitative estimate of drug-likeness (QED) is 0.217. The van der Waals surface area contributed by atoms with Crippen molar-refractivity contribution < 1.29 is 27.2 Å². The lowest BCUT2D eigenvalue weighted by Gasteiger charge is -2.34. The molecular formula is C33H33F3N8O4. The average molecular weight is 663 g/mol. The molecule has 48 heavy (non-hydrogen) atoms. The van der Waals surface area contributed by atoms with E-state index in [0.717, 1.165) is 36.8 Å². The van der Waals surface area contributed by atoms with Crippen molar-refractivity contribution >= 4 is 16.9 Å². The molecule has 0 saturated carbocycles. The Morgan fingerprint density at radius 1 is 1.10 bits per heavy atom. The average Bonchev–Trinajstić information content (AvgIpc) is 3.71. The number of carbonyl (C=O) groups is 1. The molecule has 1 amide bonds. The van der Waals surface area contributed by atoms with Crippen molar-refractivity contribution in [2.45, 2.75) is 44.9 Å². The molecule has 1 fully saturated rings. The number of rotatable bonds is 8. The Morgan fingerprint density at radius 2 is 1.94 bits per heavy atom. The van der Waals surface area contributed by atoms with Gasteiger partial charge >= 0.3 is 11.9 Å². The number of halogens is 3. The SMILES string of the molecule is CC[C@H]1CN(C(=O)Cc2ccc(CN3CCNCC3)c(C(F)(F)F)c2)Cc2cc(Oc3ccnc4[nH]c(-c5noc(=O)[nH]5)cc34)cnc21. The van der Waals surface area contributed by atoms with Gasteiger partial charge in [-0.1, -0.05) is 24.2 Å². The minimum atomic E-state index is -4.53. The van der Waals surface area contributed by atoms with E-state index in [-0.39, 0.29) is 42.7 Å². The summed E-state index contributed by atoms with van der Waals surface area (Å²) in [6.45, 7) is 5.74. The maximum absolute atomic E-state index is 14.1. The van der Waals surface area contributed by atoms with E-state index in [9.17, 15) is 22.8 Å². The molecule has 12 nitrogen and oxygen atoms in total. The first-order valence-electron chi connectivity index (χ1n) is 15.7. The van der Waals surface area contributed by atoms with Gasteiger partial charge in [-0.05, 0) is 47.4 Å². The molecular weight excluding hydrogens is 629 g/mol. The molecule has 1 saturated heterocycles. The second-order valence-corrected chi connectivity index (χ2v) is 12.1. The fraction of sp³-hybridized carbons (Fsp3) is 0.364. The molecule has 0 bridgehead atoms. The molecule has 7 rings (SSSR count). The zero-order chi connectivity index (χ0) is 33.4. The fourth-order valence-electron chi connectivity index (χ4n) is 6.41. The highest BCUT2D eigenvalue weighted by Gasteiger charge is 2.35. The maximum Gasteiger partial charge on any atom is 0.439 e. The van der Waals surface area contributed by atoms with E-state index >= 15 is 0 Å². The predicted octanol–water partition coefficient (Wildman–Crippen LogP) is 4.60. The molecule has 0 spiro atoms. The standard InChI is InChI=1S/C33H33F3N8O4/c1-2-20-17-44(28(45)12-19-3-4-21(25(11-19)33(34,35)36)16-43-9-7-37-8-10-43)18-22-13-23(15-39-29(20)22)47-27-5-6-38-30-24(27)14-26(40-30)31-41-32(46)48-42-31/h3-6,11,13-15,20,37H,2,7-10,12,16-18H2,1H3,(H,38,40)(H,41,42,46)/t20-/m0/s1. The number of aromatic nitrogens is 5. The van der Waals surface area contributed by atoms with E-state index in [1.807, 2.05) is 17.9 Å². The molecule has 5 aromatic rings.